The summed E-state index contributed by atoms with van der Waals surface area (Å²) < 4.78 is 12.0. The maximum Gasteiger partial charge on any atom is 0.311 e. The second-order valence-electron chi connectivity index (χ2n) is 16.4. The Hall–Kier alpha value is -4.09. The van der Waals surface area contributed by atoms with Crippen molar-refractivity contribution in [2.45, 2.75) is 127 Å². The van der Waals surface area contributed by atoms with Gasteiger partial charge in [-0.15, -0.1) is 0 Å². The third-order valence-electron chi connectivity index (χ3n) is 10.9. The van der Waals surface area contributed by atoms with Crippen LogP contribution in [0.25, 0.3) is 11.6 Å². The number of H-pyrrole nitrogens is 1. The molecular formula is C43H64N4O7. The second kappa shape index (κ2) is 18.0. The fourth-order valence-electron chi connectivity index (χ4n) is 7.69. The second-order valence-corrected chi connectivity index (χ2v) is 16.4. The number of hydrogen-bond donors (Lipinski definition) is 3. The summed E-state index contributed by atoms with van der Waals surface area (Å²) in [7, 11) is 0. The van der Waals surface area contributed by atoms with Gasteiger partial charge in [0.05, 0.1) is 17.6 Å². The Morgan fingerprint density at radius 3 is 2.22 bits per heavy atom. The highest BCUT2D eigenvalue weighted by Crippen LogP contribution is 2.42. The number of ether oxygens (including phenoxy) is 2. The largest absolute Gasteiger partial charge is 0.426 e. The minimum Gasteiger partial charge on any atom is -0.426 e. The molecule has 1 aliphatic heterocycles. The van der Waals surface area contributed by atoms with Crippen LogP contribution in [0.1, 0.15) is 135 Å². The summed E-state index contributed by atoms with van der Waals surface area (Å²) in [5, 5.41) is 5.89. The van der Waals surface area contributed by atoms with Crippen LogP contribution in [-0.4, -0.2) is 77.1 Å². The maximum atomic E-state index is 14.0. The summed E-state index contributed by atoms with van der Waals surface area (Å²) in [5.41, 5.74) is 1.50. The molecule has 2 amide bonds. The number of esters is 1. The van der Waals surface area contributed by atoms with Crippen molar-refractivity contribution >= 4 is 46.7 Å². The van der Waals surface area contributed by atoms with E-state index in [2.05, 4.69) is 34.4 Å². The van der Waals surface area contributed by atoms with E-state index in [1.807, 2.05) is 62.3 Å². The molecule has 11 heteroatoms. The van der Waals surface area contributed by atoms with E-state index in [9.17, 15) is 24.0 Å². The smallest absolute Gasteiger partial charge is 0.311 e. The Morgan fingerprint density at radius 2 is 1.63 bits per heavy atom. The number of carbonyl (C=O) groups is 5. The zero-order chi connectivity index (χ0) is 40.8. The van der Waals surface area contributed by atoms with Crippen LogP contribution in [-0.2, 0) is 23.9 Å². The van der Waals surface area contributed by atoms with Crippen molar-refractivity contribution in [1.82, 2.24) is 15.2 Å². The quantitative estimate of drug-likeness (QED) is 0.0710. The number of aryl methyl sites for hydroxylation is 1. The molecule has 1 aliphatic rings. The van der Waals surface area contributed by atoms with E-state index in [-0.39, 0.29) is 41.5 Å². The Bertz CT molecular complexity index is 1750. The third kappa shape index (κ3) is 10.6. The van der Waals surface area contributed by atoms with Gasteiger partial charge in [0.15, 0.2) is 11.6 Å². The number of likely N-dealkylation sites (N-methyl/N-ethyl adjacent to an activating group) is 1. The zero-order valence-corrected chi connectivity index (χ0v) is 34.9. The first-order chi connectivity index (χ1) is 25.1. The van der Waals surface area contributed by atoms with Crippen molar-refractivity contribution in [3.8, 4) is 5.75 Å². The molecule has 0 saturated heterocycles. The lowest BCUT2D eigenvalue weighted by Gasteiger charge is -2.40. The number of hydrogen-bond acceptors (Lipinski definition) is 8. The number of Topliss-reactive ketones (excluding diaryl/α,β-unsaturated/α-hetero) is 2. The van der Waals surface area contributed by atoms with E-state index < -0.39 is 28.5 Å². The van der Waals surface area contributed by atoms with Gasteiger partial charge in [0.1, 0.15) is 17.5 Å². The molecule has 11 nitrogen and oxygen atoms in total. The molecule has 2 unspecified atom stereocenters. The van der Waals surface area contributed by atoms with Gasteiger partial charge in [-0.05, 0) is 95.3 Å². The Kier molecular flexibility index (Phi) is 14.8. The van der Waals surface area contributed by atoms with E-state index in [4.69, 9.17) is 9.47 Å². The predicted octanol–water partition coefficient (Wildman–Crippen LogP) is 7.69. The lowest BCUT2D eigenvalue weighted by Crippen LogP contribution is -2.50. The lowest BCUT2D eigenvalue weighted by atomic mass is 9.68. The predicted molar refractivity (Wildman–Crippen MR) is 214 cm³/mol. The number of benzene rings is 1. The number of nitrogens with one attached hydrogen (secondary N) is 3. The molecule has 1 aromatic carbocycles. The number of carbonyl (C=O) groups excluding carboxylic acids is 5. The molecule has 0 bridgehead atoms. The molecule has 2 aromatic rings. The van der Waals surface area contributed by atoms with Crippen LogP contribution in [0.4, 0.5) is 5.69 Å². The van der Waals surface area contributed by atoms with E-state index in [0.29, 0.717) is 59.6 Å². The van der Waals surface area contributed by atoms with Crippen LogP contribution in [0.5, 0.6) is 5.75 Å². The van der Waals surface area contributed by atoms with Crippen molar-refractivity contribution in [3.63, 3.8) is 0 Å². The highest BCUT2D eigenvalue weighted by atomic mass is 16.5. The average Bonchev–Trinajstić information content (AvgIpc) is 3.56. The van der Waals surface area contributed by atoms with Crippen molar-refractivity contribution < 1.29 is 33.4 Å². The van der Waals surface area contributed by atoms with Crippen LogP contribution in [0.2, 0.25) is 0 Å². The Balaban J connectivity index is 1.74. The molecule has 1 aromatic heterocycles. The van der Waals surface area contributed by atoms with Gasteiger partial charge < -0.3 is 30.0 Å². The van der Waals surface area contributed by atoms with Crippen molar-refractivity contribution in [1.29, 1.82) is 0 Å². The van der Waals surface area contributed by atoms with Crippen LogP contribution < -0.4 is 15.4 Å². The fraction of sp³-hybridized carbons (Fsp3) is 0.605. The minimum absolute atomic E-state index is 0.0230. The van der Waals surface area contributed by atoms with E-state index in [1.165, 1.54) is 0 Å². The summed E-state index contributed by atoms with van der Waals surface area (Å²) in [5.74, 6) is -0.964. The molecule has 0 aliphatic carbocycles. The number of fused-ring (bicyclic) bond motifs is 1. The molecule has 0 spiro atoms. The molecule has 0 radical (unpaired) electrons. The van der Waals surface area contributed by atoms with Gasteiger partial charge in [-0.25, -0.2) is 0 Å². The van der Waals surface area contributed by atoms with Gasteiger partial charge in [-0.1, -0.05) is 62.3 Å². The first-order valence-corrected chi connectivity index (χ1v) is 19.5. The van der Waals surface area contributed by atoms with E-state index in [1.54, 1.807) is 38.1 Å². The summed E-state index contributed by atoms with van der Waals surface area (Å²) in [6, 6.07) is 5.00. The van der Waals surface area contributed by atoms with Gasteiger partial charge in [0.2, 0.25) is 0 Å². The summed E-state index contributed by atoms with van der Waals surface area (Å²) in [6.07, 6.45) is 2.52. The van der Waals surface area contributed by atoms with Gasteiger partial charge in [0.25, 0.3) is 11.8 Å². The van der Waals surface area contributed by atoms with Crippen molar-refractivity contribution in [2.75, 3.05) is 31.5 Å². The van der Waals surface area contributed by atoms with Crippen LogP contribution in [0, 0.1) is 30.6 Å². The molecule has 3 N–H and O–H groups in total. The summed E-state index contributed by atoms with van der Waals surface area (Å²) in [4.78, 5) is 71.9. The number of aromatic nitrogens is 1. The number of aromatic amines is 1. The van der Waals surface area contributed by atoms with Crippen LogP contribution in [0.3, 0.4) is 0 Å². The number of nitrogens with zero attached hydrogens (tertiary/aromatic N) is 1. The van der Waals surface area contributed by atoms with Gasteiger partial charge in [0, 0.05) is 47.1 Å². The fourth-order valence-corrected chi connectivity index (χ4v) is 7.69. The Labute approximate surface area is 322 Å². The number of ketones is 2. The number of anilines is 1. The maximum absolute atomic E-state index is 14.0. The third-order valence-corrected chi connectivity index (χ3v) is 10.9. The highest BCUT2D eigenvalue weighted by Gasteiger charge is 2.46. The molecular weight excluding hydrogens is 684 g/mol. The zero-order valence-electron chi connectivity index (χ0n) is 34.9. The molecule has 3 rings (SSSR count). The summed E-state index contributed by atoms with van der Waals surface area (Å²) >= 11 is 0. The Morgan fingerprint density at radius 1 is 0.981 bits per heavy atom. The normalized spacial score (nSPS) is 16.1. The standard InChI is InChI=1S/C43H64N4O7/c1-14-26(5)37(49)29(8)54-43(13,15-2)40(52)42(11,12)25-41(9,10)24-35(48)53-30-18-19-33-31(22-30)32(38(50)46-33)23-34-27(6)36(28(7)45-34)39(51)44-20-21-47(16-3)17-4/h18-19,22-23,26,29,45H,14-17,20-21,24-25H2,1-13H3,(H,44,51)(H,46,50)/b32-23+/t26?,29-,43?/m0/s1. The van der Waals surface area contributed by atoms with Crippen molar-refractivity contribution in [2.24, 2.45) is 16.7 Å². The van der Waals surface area contributed by atoms with Crippen LogP contribution >= 0.6 is 0 Å². The molecule has 298 valence electrons. The van der Waals surface area contributed by atoms with Crippen molar-refractivity contribution in [3.05, 3.63) is 46.3 Å². The van der Waals surface area contributed by atoms with Gasteiger partial charge in [-0.2, -0.15) is 0 Å². The number of amides is 2. The topological polar surface area (TPSA) is 147 Å². The molecule has 0 saturated carbocycles. The minimum atomic E-state index is -1.17. The highest BCUT2D eigenvalue weighted by molar-refractivity contribution is 6.35. The number of rotatable bonds is 20. The van der Waals surface area contributed by atoms with E-state index in [0.717, 1.165) is 25.2 Å². The SMILES string of the molecule is CCC(C)C(=O)[C@H](C)OC(C)(CC)C(=O)C(C)(C)CC(C)(C)CC(=O)Oc1ccc2c(c1)/C(=C\c1[nH]c(C)c(C(=O)NCCN(CC)CC)c1C)C(=O)N2. The molecule has 54 heavy (non-hydrogen) atoms. The van der Waals surface area contributed by atoms with Crippen LogP contribution in [0.15, 0.2) is 18.2 Å². The van der Waals surface area contributed by atoms with Gasteiger partial charge in [-0.3, -0.25) is 24.0 Å². The summed E-state index contributed by atoms with van der Waals surface area (Å²) in [6.45, 7) is 27.7. The molecule has 3 atom stereocenters. The first kappa shape index (κ1) is 44.3. The van der Waals surface area contributed by atoms with E-state index >= 15 is 0 Å². The lowest BCUT2D eigenvalue weighted by molar-refractivity contribution is -0.166. The molecule has 0 fully saturated rings. The molecule has 2 heterocycles. The monoisotopic (exact) mass is 748 g/mol. The first-order valence-electron chi connectivity index (χ1n) is 19.5. The average molecular weight is 749 g/mol. The van der Waals surface area contributed by atoms with Gasteiger partial charge >= 0.3 is 5.97 Å².